The van der Waals surface area contributed by atoms with E-state index in [1.807, 2.05) is 12.1 Å². The first-order valence-electron chi connectivity index (χ1n) is 3.32. The van der Waals surface area contributed by atoms with Crippen LogP contribution >= 0.6 is 66.4 Å². The second-order valence-corrected chi connectivity index (χ2v) is 6.93. The molecule has 0 aliphatic heterocycles. The minimum absolute atomic E-state index is 0.583. The minimum Gasteiger partial charge on any atom is -0.120 e. The molecule has 2 rings (SSSR count). The van der Waals surface area contributed by atoms with Crippen LogP contribution < -0.4 is 0 Å². The van der Waals surface area contributed by atoms with E-state index in [-0.39, 0.29) is 0 Å². The molecule has 13 heavy (non-hydrogen) atoms. The van der Waals surface area contributed by atoms with E-state index in [1.54, 1.807) is 11.3 Å². The Morgan fingerprint density at radius 1 is 0.923 bits per heavy atom. The Hall–Kier alpha value is 0.720. The Kier molecular flexibility index (Phi) is 2.92. The van der Waals surface area contributed by atoms with Crippen molar-refractivity contribution in [3.63, 3.8) is 0 Å². The molecular weight excluding hydrogens is 359 g/mol. The summed E-state index contributed by atoms with van der Waals surface area (Å²) in [5.74, 6) is 0. The largest absolute Gasteiger partial charge is 0.120 e. The summed E-state index contributed by atoms with van der Waals surface area (Å²) in [5.41, 5.74) is 0. The van der Waals surface area contributed by atoms with Crippen LogP contribution in [-0.4, -0.2) is 0 Å². The smallest absolute Gasteiger partial charge is 0.0789 e. The molecule has 0 amide bonds. The van der Waals surface area contributed by atoms with E-state index < -0.39 is 0 Å². The number of hydrogen-bond donors (Lipinski definition) is 0. The van der Waals surface area contributed by atoms with Gasteiger partial charge in [-0.3, -0.25) is 0 Å². The number of rotatable bonds is 0. The molecule has 68 valence electrons. The summed E-state index contributed by atoms with van der Waals surface area (Å²) in [5, 5.41) is 3.35. The Labute approximate surface area is 106 Å². The second-order valence-electron chi connectivity index (χ2n) is 2.46. The lowest BCUT2D eigenvalue weighted by Gasteiger charge is -1.96. The van der Waals surface area contributed by atoms with Gasteiger partial charge in [-0.1, -0.05) is 23.2 Å². The molecule has 0 saturated carbocycles. The van der Waals surface area contributed by atoms with Crippen LogP contribution in [0.4, 0.5) is 0 Å². The summed E-state index contributed by atoms with van der Waals surface area (Å²) >= 11 is 20.4. The van der Waals surface area contributed by atoms with Gasteiger partial charge in [0.1, 0.15) is 0 Å². The van der Waals surface area contributed by atoms with E-state index in [2.05, 4.69) is 31.9 Å². The molecule has 0 aliphatic carbocycles. The first-order valence-corrected chi connectivity index (χ1v) is 6.48. The molecule has 1 aromatic carbocycles. The summed E-state index contributed by atoms with van der Waals surface area (Å²) in [7, 11) is 0. The van der Waals surface area contributed by atoms with Gasteiger partial charge in [0.05, 0.1) is 17.6 Å². The van der Waals surface area contributed by atoms with Gasteiger partial charge in [-0.25, -0.2) is 0 Å². The van der Waals surface area contributed by atoms with E-state index in [1.165, 1.54) is 0 Å². The van der Waals surface area contributed by atoms with Crippen molar-refractivity contribution in [1.29, 1.82) is 0 Å². The third-order valence-electron chi connectivity index (χ3n) is 1.66. The maximum Gasteiger partial charge on any atom is 0.0789 e. The van der Waals surface area contributed by atoms with Crippen molar-refractivity contribution in [2.75, 3.05) is 0 Å². The maximum absolute atomic E-state index is 5.91. The standard InChI is InChI=1S/C8H2Br2Cl2S/c9-7-3-1-5(11)6(12)2-4(3)8(10)13-7/h1-2H. The van der Waals surface area contributed by atoms with Crippen molar-refractivity contribution in [1.82, 2.24) is 0 Å². The molecule has 0 radical (unpaired) electrons. The van der Waals surface area contributed by atoms with Crippen molar-refractivity contribution in [3.05, 3.63) is 29.8 Å². The SMILES string of the molecule is Clc1cc2c(Br)sc(Br)c2cc1Cl. The fourth-order valence-electron chi connectivity index (χ4n) is 1.06. The van der Waals surface area contributed by atoms with Gasteiger partial charge in [-0.05, 0) is 44.0 Å². The molecule has 0 spiro atoms. The third-order valence-corrected chi connectivity index (χ3v) is 5.01. The molecule has 0 atom stereocenters. The molecule has 0 unspecified atom stereocenters. The van der Waals surface area contributed by atoms with Crippen LogP contribution in [0.25, 0.3) is 10.8 Å². The van der Waals surface area contributed by atoms with Gasteiger partial charge >= 0.3 is 0 Å². The summed E-state index contributed by atoms with van der Waals surface area (Å²) < 4.78 is 2.13. The zero-order valence-electron chi connectivity index (χ0n) is 6.07. The van der Waals surface area contributed by atoms with E-state index in [4.69, 9.17) is 23.2 Å². The minimum atomic E-state index is 0.583. The lowest BCUT2D eigenvalue weighted by molar-refractivity contribution is 1.81. The molecular formula is C8H2Br2Cl2S. The number of benzene rings is 1. The van der Waals surface area contributed by atoms with Crippen LogP contribution in [0, 0.1) is 0 Å². The summed E-state index contributed by atoms with van der Waals surface area (Å²) in [6.07, 6.45) is 0. The lowest BCUT2D eigenvalue weighted by atomic mass is 10.2. The maximum atomic E-state index is 5.91. The fraction of sp³-hybridized carbons (Fsp3) is 0. The van der Waals surface area contributed by atoms with Crippen LogP contribution in [0.2, 0.25) is 10.0 Å². The molecule has 1 heterocycles. The van der Waals surface area contributed by atoms with Crippen molar-refractivity contribution in [2.45, 2.75) is 0 Å². The normalized spacial score (nSPS) is 11.1. The summed E-state index contributed by atoms with van der Waals surface area (Å²) in [6.45, 7) is 0. The number of halogens is 4. The van der Waals surface area contributed by atoms with E-state index >= 15 is 0 Å². The van der Waals surface area contributed by atoms with Gasteiger partial charge in [0.15, 0.2) is 0 Å². The molecule has 0 fully saturated rings. The predicted octanol–water partition coefficient (Wildman–Crippen LogP) is 5.73. The third kappa shape index (κ3) is 1.77. The predicted molar refractivity (Wildman–Crippen MR) is 67.2 cm³/mol. The summed E-state index contributed by atoms with van der Waals surface area (Å²) in [4.78, 5) is 0. The molecule has 0 saturated heterocycles. The van der Waals surface area contributed by atoms with Crippen molar-refractivity contribution >= 4 is 77.2 Å². The Morgan fingerprint density at radius 2 is 1.31 bits per heavy atom. The molecule has 2 aromatic rings. The molecule has 5 heteroatoms. The number of hydrogen-bond acceptors (Lipinski definition) is 1. The molecule has 0 nitrogen and oxygen atoms in total. The Bertz CT molecular complexity index is 436. The van der Waals surface area contributed by atoms with E-state index in [0.29, 0.717) is 10.0 Å². The quantitative estimate of drug-likeness (QED) is 0.562. The zero-order valence-corrected chi connectivity index (χ0v) is 11.6. The molecule has 0 N–H and O–H groups in total. The van der Waals surface area contributed by atoms with Crippen molar-refractivity contribution < 1.29 is 0 Å². The van der Waals surface area contributed by atoms with Gasteiger partial charge in [0.25, 0.3) is 0 Å². The van der Waals surface area contributed by atoms with Crippen LogP contribution in [0.15, 0.2) is 19.7 Å². The average Bonchev–Trinajstić information content (AvgIpc) is 2.31. The van der Waals surface area contributed by atoms with Crippen molar-refractivity contribution in [3.8, 4) is 0 Å². The first-order chi connectivity index (χ1) is 6.09. The molecule has 0 bridgehead atoms. The van der Waals surface area contributed by atoms with Gasteiger partial charge in [-0.2, -0.15) is 0 Å². The number of thiophene rings is 1. The van der Waals surface area contributed by atoms with Crippen LogP contribution in [0.5, 0.6) is 0 Å². The van der Waals surface area contributed by atoms with E-state index in [0.717, 1.165) is 18.3 Å². The highest BCUT2D eigenvalue weighted by molar-refractivity contribution is 9.12. The van der Waals surface area contributed by atoms with Gasteiger partial charge in [-0.15, -0.1) is 11.3 Å². The van der Waals surface area contributed by atoms with Gasteiger partial charge in [0, 0.05) is 10.8 Å². The molecule has 1 aromatic heterocycles. The van der Waals surface area contributed by atoms with Crippen molar-refractivity contribution in [2.24, 2.45) is 0 Å². The first kappa shape index (κ1) is 10.2. The number of fused-ring (bicyclic) bond motifs is 1. The average molecular weight is 361 g/mol. The Balaban J connectivity index is 2.91. The summed E-state index contributed by atoms with van der Waals surface area (Å²) in [6, 6.07) is 3.73. The van der Waals surface area contributed by atoms with Crippen LogP contribution in [-0.2, 0) is 0 Å². The van der Waals surface area contributed by atoms with Gasteiger partial charge < -0.3 is 0 Å². The van der Waals surface area contributed by atoms with E-state index in [9.17, 15) is 0 Å². The second kappa shape index (κ2) is 3.70. The van der Waals surface area contributed by atoms with Crippen LogP contribution in [0.3, 0.4) is 0 Å². The molecule has 0 aliphatic rings. The lowest BCUT2D eigenvalue weighted by Crippen LogP contribution is -1.70. The topological polar surface area (TPSA) is 0 Å². The monoisotopic (exact) mass is 358 g/mol. The van der Waals surface area contributed by atoms with Crippen LogP contribution in [0.1, 0.15) is 0 Å². The Morgan fingerprint density at radius 3 is 1.69 bits per heavy atom. The highest BCUT2D eigenvalue weighted by Crippen LogP contribution is 2.42. The van der Waals surface area contributed by atoms with Gasteiger partial charge in [0.2, 0.25) is 0 Å². The fourth-order valence-corrected chi connectivity index (χ4v) is 4.38. The zero-order chi connectivity index (χ0) is 9.59. The highest BCUT2D eigenvalue weighted by atomic mass is 79.9. The highest BCUT2D eigenvalue weighted by Gasteiger charge is 2.09.